The minimum Gasteiger partial charge on any atom is -0.497 e. The van der Waals surface area contributed by atoms with E-state index in [0.717, 1.165) is 5.56 Å². The van der Waals surface area contributed by atoms with Crippen molar-refractivity contribution in [2.24, 2.45) is 0 Å². The number of hydrogen-bond donors (Lipinski definition) is 0. The summed E-state index contributed by atoms with van der Waals surface area (Å²) in [6.07, 6.45) is 0.566. The molecular weight excluding hydrogens is 463 g/mol. The first-order valence-electron chi connectivity index (χ1n) is 10.4. The van der Waals surface area contributed by atoms with Crippen LogP contribution in [0.2, 0.25) is 10.0 Å². The third kappa shape index (κ3) is 5.27. The van der Waals surface area contributed by atoms with E-state index in [0.29, 0.717) is 56.9 Å². The highest BCUT2D eigenvalue weighted by molar-refractivity contribution is 6.32. The molecule has 0 fully saturated rings. The Morgan fingerprint density at radius 1 is 0.879 bits per heavy atom. The second-order valence-corrected chi connectivity index (χ2v) is 8.26. The van der Waals surface area contributed by atoms with E-state index in [9.17, 15) is 4.79 Å². The van der Waals surface area contributed by atoms with Crippen LogP contribution in [0.25, 0.3) is 22.3 Å². The monoisotopic (exact) mass is 484 g/mol. The number of halogens is 2. The molecule has 4 aromatic rings. The predicted octanol–water partition coefficient (Wildman–Crippen LogP) is 6.93. The maximum absolute atomic E-state index is 13.3. The van der Waals surface area contributed by atoms with Crippen LogP contribution in [0.5, 0.6) is 17.2 Å². The van der Waals surface area contributed by atoms with Gasteiger partial charge in [-0.25, -0.2) is 0 Å². The van der Waals surface area contributed by atoms with Crippen molar-refractivity contribution >= 4 is 34.2 Å². The smallest absolute Gasteiger partial charge is 0.235 e. The molecular formula is C26H22Cl2O5. The van der Waals surface area contributed by atoms with Gasteiger partial charge in [-0.2, -0.15) is 0 Å². The number of aryl methyl sites for hydroxylation is 1. The predicted molar refractivity (Wildman–Crippen MR) is 131 cm³/mol. The van der Waals surface area contributed by atoms with E-state index in [4.69, 9.17) is 41.8 Å². The molecule has 1 aromatic heterocycles. The fraction of sp³-hybridized carbons (Fsp3) is 0.192. The number of hydrogen-bond acceptors (Lipinski definition) is 5. The van der Waals surface area contributed by atoms with Crippen LogP contribution in [-0.4, -0.2) is 20.3 Å². The molecule has 0 aliphatic heterocycles. The number of benzene rings is 3. The lowest BCUT2D eigenvalue weighted by Gasteiger charge is -2.13. The highest BCUT2D eigenvalue weighted by atomic mass is 35.5. The highest BCUT2D eigenvalue weighted by Gasteiger charge is 2.19. The molecule has 0 amide bonds. The Bertz CT molecular complexity index is 1310. The summed E-state index contributed by atoms with van der Waals surface area (Å²) in [6.45, 7) is 2.55. The van der Waals surface area contributed by atoms with Crippen LogP contribution in [0, 0.1) is 6.92 Å². The van der Waals surface area contributed by atoms with Gasteiger partial charge in [0.2, 0.25) is 11.2 Å². The van der Waals surface area contributed by atoms with Gasteiger partial charge in [-0.1, -0.05) is 23.2 Å². The lowest BCUT2D eigenvalue weighted by atomic mass is 10.1. The highest BCUT2D eigenvalue weighted by Crippen LogP contribution is 2.33. The molecule has 3 aromatic carbocycles. The second-order valence-electron chi connectivity index (χ2n) is 7.42. The Morgan fingerprint density at radius 2 is 1.55 bits per heavy atom. The van der Waals surface area contributed by atoms with E-state index < -0.39 is 0 Å². The van der Waals surface area contributed by atoms with Crippen molar-refractivity contribution in [3.63, 3.8) is 0 Å². The van der Waals surface area contributed by atoms with Gasteiger partial charge in [0.05, 0.1) is 25.7 Å². The van der Waals surface area contributed by atoms with Gasteiger partial charge in [0.15, 0.2) is 5.76 Å². The molecule has 4 rings (SSSR count). The Hall–Kier alpha value is -3.15. The molecule has 0 saturated heterocycles. The first-order chi connectivity index (χ1) is 16.0. The molecule has 1 heterocycles. The number of rotatable bonds is 8. The van der Waals surface area contributed by atoms with Crippen LogP contribution in [0.15, 0.2) is 69.9 Å². The van der Waals surface area contributed by atoms with E-state index in [1.54, 1.807) is 55.6 Å². The van der Waals surface area contributed by atoms with Gasteiger partial charge in [-0.15, -0.1) is 0 Å². The Balaban J connectivity index is 1.60. The normalized spacial score (nSPS) is 10.9. The lowest BCUT2D eigenvalue weighted by Crippen LogP contribution is -2.13. The van der Waals surface area contributed by atoms with E-state index in [1.807, 2.05) is 19.1 Å². The van der Waals surface area contributed by atoms with Crippen LogP contribution in [0.3, 0.4) is 0 Å². The largest absolute Gasteiger partial charge is 0.497 e. The molecule has 0 spiro atoms. The molecule has 0 saturated carbocycles. The maximum Gasteiger partial charge on any atom is 0.235 e. The average Bonchev–Trinajstić information content (AvgIpc) is 2.82. The van der Waals surface area contributed by atoms with Gasteiger partial charge in [0, 0.05) is 22.0 Å². The van der Waals surface area contributed by atoms with Crippen molar-refractivity contribution < 1.29 is 18.6 Å². The van der Waals surface area contributed by atoms with Gasteiger partial charge in [-0.3, -0.25) is 4.79 Å². The summed E-state index contributed by atoms with van der Waals surface area (Å²) in [5.41, 5.74) is 1.70. The zero-order valence-electron chi connectivity index (χ0n) is 18.2. The maximum atomic E-state index is 13.3. The molecule has 5 nitrogen and oxygen atoms in total. The number of fused-ring (bicyclic) bond motifs is 1. The van der Waals surface area contributed by atoms with Gasteiger partial charge in [-0.05, 0) is 73.2 Å². The van der Waals surface area contributed by atoms with Crippen molar-refractivity contribution in [3.05, 3.63) is 86.5 Å². The minimum absolute atomic E-state index is 0.138. The Labute approximate surface area is 201 Å². The summed E-state index contributed by atoms with van der Waals surface area (Å²) in [4.78, 5) is 13.3. The standard InChI is InChI=1S/C26H22Cl2O5/c1-16-14-23-21(15-22(16)28)24(29)26(25(33-23)17-4-8-19(30-2)9-5-17)32-13-3-12-31-20-10-6-18(27)7-11-20/h4-11,14-15H,3,12-13H2,1-2H3. The van der Waals surface area contributed by atoms with Crippen LogP contribution in [-0.2, 0) is 0 Å². The topological polar surface area (TPSA) is 57.9 Å². The van der Waals surface area contributed by atoms with Gasteiger partial charge >= 0.3 is 0 Å². The van der Waals surface area contributed by atoms with Gasteiger partial charge in [0.25, 0.3) is 0 Å². The first-order valence-corrected chi connectivity index (χ1v) is 11.1. The molecule has 0 N–H and O–H groups in total. The molecule has 0 atom stereocenters. The first kappa shape index (κ1) is 23.0. The fourth-order valence-electron chi connectivity index (χ4n) is 3.32. The number of methoxy groups -OCH3 is 1. The van der Waals surface area contributed by atoms with Gasteiger partial charge in [0.1, 0.15) is 17.1 Å². The van der Waals surface area contributed by atoms with E-state index in [1.165, 1.54) is 0 Å². The Morgan fingerprint density at radius 3 is 2.24 bits per heavy atom. The van der Waals surface area contributed by atoms with Crippen LogP contribution < -0.4 is 19.6 Å². The average molecular weight is 485 g/mol. The van der Waals surface area contributed by atoms with Crippen LogP contribution in [0.1, 0.15) is 12.0 Å². The van der Waals surface area contributed by atoms with Crippen molar-refractivity contribution in [1.29, 1.82) is 0 Å². The summed E-state index contributed by atoms with van der Waals surface area (Å²) in [7, 11) is 1.60. The van der Waals surface area contributed by atoms with E-state index in [-0.39, 0.29) is 17.8 Å². The summed E-state index contributed by atoms with van der Waals surface area (Å²) in [6, 6.07) is 17.8. The van der Waals surface area contributed by atoms with Crippen molar-refractivity contribution in [3.8, 4) is 28.6 Å². The van der Waals surface area contributed by atoms with Gasteiger partial charge < -0.3 is 18.6 Å². The molecule has 170 valence electrons. The van der Waals surface area contributed by atoms with E-state index >= 15 is 0 Å². The molecule has 33 heavy (non-hydrogen) atoms. The van der Waals surface area contributed by atoms with E-state index in [2.05, 4.69) is 0 Å². The SMILES string of the molecule is COc1ccc(-c2oc3cc(C)c(Cl)cc3c(=O)c2OCCCOc2ccc(Cl)cc2)cc1. The summed E-state index contributed by atoms with van der Waals surface area (Å²) >= 11 is 12.1. The summed E-state index contributed by atoms with van der Waals surface area (Å²) in [5, 5.41) is 1.51. The van der Waals surface area contributed by atoms with Crippen LogP contribution in [0.4, 0.5) is 0 Å². The number of ether oxygens (including phenoxy) is 3. The minimum atomic E-state index is -0.275. The van der Waals surface area contributed by atoms with Crippen LogP contribution >= 0.6 is 23.2 Å². The third-order valence-electron chi connectivity index (χ3n) is 5.10. The molecule has 0 aliphatic carbocycles. The molecule has 0 unspecified atom stereocenters. The van der Waals surface area contributed by atoms with Crippen molar-refractivity contribution in [2.45, 2.75) is 13.3 Å². The van der Waals surface area contributed by atoms with Crippen molar-refractivity contribution in [2.75, 3.05) is 20.3 Å². The quantitative estimate of drug-likeness (QED) is 0.253. The summed E-state index contributed by atoms with van der Waals surface area (Å²) in [5.74, 6) is 1.91. The summed E-state index contributed by atoms with van der Waals surface area (Å²) < 4.78 is 23.0. The molecule has 0 bridgehead atoms. The lowest BCUT2D eigenvalue weighted by molar-refractivity contribution is 0.244. The fourth-order valence-corrected chi connectivity index (χ4v) is 3.61. The molecule has 0 radical (unpaired) electrons. The zero-order valence-corrected chi connectivity index (χ0v) is 19.7. The Kier molecular flexibility index (Phi) is 7.11. The molecule has 0 aliphatic rings. The zero-order chi connectivity index (χ0) is 23.4. The van der Waals surface area contributed by atoms with Crippen molar-refractivity contribution in [1.82, 2.24) is 0 Å². The third-order valence-corrected chi connectivity index (χ3v) is 5.76. The molecule has 7 heteroatoms. The second kappa shape index (κ2) is 10.2.